The Morgan fingerprint density at radius 2 is 1.68 bits per heavy atom. The number of para-hydroxylation sites is 1. The number of hydrogen-bond acceptors (Lipinski definition) is 4. The molecule has 1 aliphatic rings. The van der Waals surface area contributed by atoms with Crippen LogP contribution in [0.15, 0.2) is 77.8 Å². The largest absolute Gasteiger partial charge is 0.416 e. The summed E-state index contributed by atoms with van der Waals surface area (Å²) in [5.74, 6) is -1.07. The highest BCUT2D eigenvalue weighted by molar-refractivity contribution is 7.11. The Morgan fingerprint density at radius 1 is 0.935 bits per heavy atom. The maximum absolute atomic E-state index is 13.3. The van der Waals surface area contributed by atoms with Crippen molar-refractivity contribution in [1.82, 2.24) is 4.90 Å². The molecule has 1 aromatic heterocycles. The number of benzene rings is 2. The number of alkyl halides is 3. The highest BCUT2D eigenvalue weighted by Crippen LogP contribution is 2.36. The van der Waals surface area contributed by atoms with Gasteiger partial charge in [-0.15, -0.1) is 11.3 Å². The molecule has 158 valence electrons. The SMILES string of the molecule is CN(C1=C(c2cccs2)C(=O)N(Cc2cccc(C(F)(F)F)c2)C1=O)c1ccccc1. The summed E-state index contributed by atoms with van der Waals surface area (Å²) in [7, 11) is 1.69. The zero-order valence-corrected chi connectivity index (χ0v) is 17.2. The Bertz CT molecular complexity index is 1160. The molecule has 0 aliphatic carbocycles. The fourth-order valence-electron chi connectivity index (χ4n) is 3.47. The summed E-state index contributed by atoms with van der Waals surface area (Å²) in [6.07, 6.45) is -4.51. The molecule has 1 aliphatic heterocycles. The quantitative estimate of drug-likeness (QED) is 0.511. The number of carbonyl (C=O) groups excluding carboxylic acids is 2. The number of hydrogen-bond donors (Lipinski definition) is 0. The topological polar surface area (TPSA) is 40.6 Å². The molecule has 0 saturated carbocycles. The second kappa shape index (κ2) is 8.03. The third-order valence-corrected chi connectivity index (χ3v) is 5.87. The minimum atomic E-state index is -4.51. The number of likely N-dealkylation sites (N-methyl/N-ethyl adjacent to an activating group) is 1. The summed E-state index contributed by atoms with van der Waals surface area (Å²) in [5, 5.41) is 1.80. The zero-order valence-electron chi connectivity index (χ0n) is 16.4. The van der Waals surface area contributed by atoms with Crippen LogP contribution in [0.3, 0.4) is 0 Å². The van der Waals surface area contributed by atoms with Crippen molar-refractivity contribution in [3.8, 4) is 0 Å². The molecule has 2 amide bonds. The van der Waals surface area contributed by atoms with Gasteiger partial charge >= 0.3 is 6.18 Å². The van der Waals surface area contributed by atoms with Crippen molar-refractivity contribution in [2.24, 2.45) is 0 Å². The maximum Gasteiger partial charge on any atom is 0.416 e. The number of halogens is 3. The van der Waals surface area contributed by atoms with Crippen molar-refractivity contribution in [1.29, 1.82) is 0 Å². The van der Waals surface area contributed by atoms with E-state index in [2.05, 4.69) is 0 Å². The van der Waals surface area contributed by atoms with Crippen LogP contribution in [0.4, 0.5) is 18.9 Å². The van der Waals surface area contributed by atoms with Crippen molar-refractivity contribution >= 4 is 34.4 Å². The number of imide groups is 1. The fraction of sp³-hybridized carbons (Fsp3) is 0.130. The lowest BCUT2D eigenvalue weighted by atomic mass is 10.1. The average molecular weight is 442 g/mol. The predicted octanol–water partition coefficient (Wildman–Crippen LogP) is 5.18. The molecule has 0 saturated heterocycles. The lowest BCUT2D eigenvalue weighted by molar-refractivity contribution is -0.137. The Balaban J connectivity index is 1.72. The molecule has 0 spiro atoms. The van der Waals surface area contributed by atoms with Crippen molar-refractivity contribution in [3.63, 3.8) is 0 Å². The zero-order chi connectivity index (χ0) is 22.2. The number of carbonyl (C=O) groups is 2. The molecule has 0 fully saturated rings. The van der Waals surface area contributed by atoms with Gasteiger partial charge in [0.05, 0.1) is 17.7 Å². The highest BCUT2D eigenvalue weighted by Gasteiger charge is 2.41. The van der Waals surface area contributed by atoms with Crippen LogP contribution in [0, 0.1) is 0 Å². The van der Waals surface area contributed by atoms with Crippen LogP contribution in [0.5, 0.6) is 0 Å². The Kier molecular flexibility index (Phi) is 5.41. The number of amides is 2. The van der Waals surface area contributed by atoms with E-state index >= 15 is 0 Å². The standard InChI is InChI=1S/C23H17F3N2O2S/c1-27(17-9-3-2-4-10-17)20-19(18-11-6-12-31-18)21(29)28(22(20)30)14-15-7-5-8-16(13-15)23(24,25)26/h2-13H,14H2,1H3. The molecule has 0 atom stereocenters. The van der Waals surface area contributed by atoms with Crippen molar-refractivity contribution < 1.29 is 22.8 Å². The van der Waals surface area contributed by atoms with Gasteiger partial charge in [-0.05, 0) is 41.3 Å². The molecule has 0 unspecified atom stereocenters. The van der Waals surface area contributed by atoms with E-state index in [1.54, 1.807) is 29.5 Å². The van der Waals surface area contributed by atoms with Crippen LogP contribution in [0.1, 0.15) is 16.0 Å². The molecule has 8 heteroatoms. The van der Waals surface area contributed by atoms with Gasteiger partial charge in [-0.3, -0.25) is 14.5 Å². The molecule has 0 N–H and O–H groups in total. The Hall–Kier alpha value is -3.39. The van der Waals surface area contributed by atoms with Gasteiger partial charge in [0.2, 0.25) is 0 Å². The molecule has 2 aromatic carbocycles. The number of thiophene rings is 1. The van der Waals surface area contributed by atoms with Crippen molar-refractivity contribution in [3.05, 3.63) is 93.8 Å². The maximum atomic E-state index is 13.3. The van der Waals surface area contributed by atoms with E-state index in [1.165, 1.54) is 23.5 Å². The normalized spacial score (nSPS) is 14.5. The summed E-state index contributed by atoms with van der Waals surface area (Å²) >= 11 is 1.32. The van der Waals surface area contributed by atoms with Gasteiger partial charge in [0.15, 0.2) is 0 Å². The lowest BCUT2D eigenvalue weighted by Gasteiger charge is -2.21. The van der Waals surface area contributed by atoms with Gasteiger partial charge in [-0.1, -0.05) is 36.4 Å². The second-order valence-electron chi connectivity index (χ2n) is 6.99. The van der Waals surface area contributed by atoms with Gasteiger partial charge < -0.3 is 4.90 Å². The molecule has 31 heavy (non-hydrogen) atoms. The minimum absolute atomic E-state index is 0.200. The molecule has 4 nitrogen and oxygen atoms in total. The summed E-state index contributed by atoms with van der Waals surface area (Å²) in [6, 6.07) is 17.3. The number of anilines is 1. The van der Waals surface area contributed by atoms with Crippen LogP contribution in [-0.2, 0) is 22.3 Å². The first kappa shape index (κ1) is 20.9. The summed E-state index contributed by atoms with van der Waals surface area (Å²) in [4.78, 5) is 29.8. The van der Waals surface area contributed by atoms with E-state index in [0.29, 0.717) is 10.6 Å². The Morgan fingerprint density at radius 3 is 2.32 bits per heavy atom. The molecule has 0 bridgehead atoms. The van der Waals surface area contributed by atoms with Gasteiger partial charge in [0, 0.05) is 17.6 Å². The van der Waals surface area contributed by atoms with Gasteiger partial charge in [-0.2, -0.15) is 13.2 Å². The first-order chi connectivity index (χ1) is 14.8. The van der Waals surface area contributed by atoms with Crippen LogP contribution in [0.25, 0.3) is 5.57 Å². The second-order valence-corrected chi connectivity index (χ2v) is 7.94. The van der Waals surface area contributed by atoms with Crippen molar-refractivity contribution in [2.45, 2.75) is 12.7 Å². The molecule has 4 rings (SSSR count). The first-order valence-corrected chi connectivity index (χ1v) is 10.2. The van der Waals surface area contributed by atoms with Crippen molar-refractivity contribution in [2.75, 3.05) is 11.9 Å². The van der Waals surface area contributed by atoms with E-state index in [-0.39, 0.29) is 23.4 Å². The van der Waals surface area contributed by atoms with Gasteiger partial charge in [0.25, 0.3) is 11.8 Å². The predicted molar refractivity (Wildman–Crippen MR) is 113 cm³/mol. The van der Waals surface area contributed by atoms with E-state index < -0.39 is 23.6 Å². The number of nitrogens with zero attached hydrogens (tertiary/aromatic N) is 2. The highest BCUT2D eigenvalue weighted by atomic mass is 32.1. The fourth-order valence-corrected chi connectivity index (χ4v) is 4.23. The minimum Gasteiger partial charge on any atom is -0.339 e. The number of rotatable bonds is 5. The van der Waals surface area contributed by atoms with E-state index in [9.17, 15) is 22.8 Å². The lowest BCUT2D eigenvalue weighted by Crippen LogP contribution is -2.33. The third-order valence-electron chi connectivity index (χ3n) is 4.99. The van der Waals surface area contributed by atoms with E-state index in [4.69, 9.17) is 0 Å². The molecule has 0 radical (unpaired) electrons. The average Bonchev–Trinajstić information content (AvgIpc) is 3.36. The van der Waals surface area contributed by atoms with Crippen LogP contribution >= 0.6 is 11.3 Å². The molecular formula is C23H17F3N2O2S. The Labute approximate surface area is 180 Å². The summed E-state index contributed by atoms with van der Waals surface area (Å²) in [6.45, 7) is -0.247. The summed E-state index contributed by atoms with van der Waals surface area (Å²) < 4.78 is 39.2. The molecule has 3 aromatic rings. The van der Waals surface area contributed by atoms with Crippen LogP contribution in [0.2, 0.25) is 0 Å². The monoisotopic (exact) mass is 442 g/mol. The van der Waals surface area contributed by atoms with Gasteiger partial charge in [-0.25, -0.2) is 0 Å². The molecular weight excluding hydrogens is 425 g/mol. The van der Waals surface area contributed by atoms with E-state index in [0.717, 1.165) is 17.0 Å². The first-order valence-electron chi connectivity index (χ1n) is 9.36. The third kappa shape index (κ3) is 3.98. The summed E-state index contributed by atoms with van der Waals surface area (Å²) in [5.41, 5.74) is 0.570. The van der Waals surface area contributed by atoms with E-state index in [1.807, 2.05) is 30.3 Å². The van der Waals surface area contributed by atoms with Crippen LogP contribution < -0.4 is 4.90 Å². The smallest absolute Gasteiger partial charge is 0.339 e. The molecule has 2 heterocycles. The van der Waals surface area contributed by atoms with Crippen LogP contribution in [-0.4, -0.2) is 23.8 Å². The van der Waals surface area contributed by atoms with Gasteiger partial charge in [0.1, 0.15) is 5.70 Å².